The number of non-ortho nitro benzene ring substituents is 1. The molecule has 1 aliphatic carbocycles. The number of hydrogen-bond donors (Lipinski definition) is 1. The maximum Gasteiger partial charge on any atom is 0.271 e. The highest BCUT2D eigenvalue weighted by Crippen LogP contribution is 2.37. The molecule has 1 fully saturated rings. The summed E-state index contributed by atoms with van der Waals surface area (Å²) in [5.41, 5.74) is 0.756. The van der Waals surface area contributed by atoms with E-state index in [4.69, 9.17) is 11.6 Å². The third kappa shape index (κ3) is 3.46. The Morgan fingerprint density at radius 1 is 1.03 bits per heavy atom. The highest BCUT2D eigenvalue weighted by molar-refractivity contribution is 6.34. The molecule has 4 rings (SSSR count). The molecular weight excluding hydrogens is 410 g/mol. The number of carbonyl (C=O) groups is 3. The second-order valence-electron chi connectivity index (χ2n) is 7.09. The molecule has 1 heterocycles. The molecule has 8 nitrogen and oxygen atoms in total. The van der Waals surface area contributed by atoms with Crippen molar-refractivity contribution in [3.05, 3.63) is 75.3 Å². The molecule has 2 aromatic rings. The van der Waals surface area contributed by atoms with Crippen molar-refractivity contribution in [2.75, 3.05) is 10.2 Å². The van der Waals surface area contributed by atoms with E-state index in [2.05, 4.69) is 5.32 Å². The van der Waals surface area contributed by atoms with Gasteiger partial charge in [0.25, 0.3) is 11.6 Å². The number of carbonyl (C=O) groups excluding carboxylic acids is 3. The molecule has 0 radical (unpaired) electrons. The van der Waals surface area contributed by atoms with Gasteiger partial charge in [0.2, 0.25) is 11.8 Å². The minimum Gasteiger partial charge on any atom is -0.321 e. The van der Waals surface area contributed by atoms with Crippen LogP contribution in [0.1, 0.15) is 23.2 Å². The lowest BCUT2D eigenvalue weighted by Crippen LogP contribution is -2.30. The molecule has 3 amide bonds. The molecule has 2 atom stereocenters. The van der Waals surface area contributed by atoms with Gasteiger partial charge in [-0.2, -0.15) is 0 Å². The Labute approximate surface area is 176 Å². The summed E-state index contributed by atoms with van der Waals surface area (Å²) in [5, 5.41) is 13.4. The molecule has 1 aliphatic heterocycles. The topological polar surface area (TPSA) is 110 Å². The van der Waals surface area contributed by atoms with Crippen molar-refractivity contribution in [3.63, 3.8) is 0 Å². The van der Waals surface area contributed by atoms with Crippen molar-refractivity contribution >= 4 is 46.4 Å². The summed E-state index contributed by atoms with van der Waals surface area (Å²) in [5.74, 6) is -1.56. The zero-order chi connectivity index (χ0) is 21.4. The molecule has 0 saturated carbocycles. The van der Waals surface area contributed by atoms with Crippen molar-refractivity contribution in [3.8, 4) is 0 Å². The third-order valence-corrected chi connectivity index (χ3v) is 5.62. The summed E-state index contributed by atoms with van der Waals surface area (Å²) in [6.45, 7) is 0. The molecule has 2 aromatic carbocycles. The maximum atomic E-state index is 12.7. The summed E-state index contributed by atoms with van der Waals surface area (Å²) in [6.07, 6.45) is 4.96. The fourth-order valence-corrected chi connectivity index (χ4v) is 3.95. The Bertz CT molecular complexity index is 1070. The van der Waals surface area contributed by atoms with Gasteiger partial charge in [0, 0.05) is 17.7 Å². The summed E-state index contributed by atoms with van der Waals surface area (Å²) in [4.78, 5) is 49.2. The number of rotatable bonds is 4. The molecule has 1 N–H and O–H groups in total. The first kappa shape index (κ1) is 19.8. The van der Waals surface area contributed by atoms with E-state index in [0.29, 0.717) is 18.5 Å². The smallest absolute Gasteiger partial charge is 0.271 e. The zero-order valence-electron chi connectivity index (χ0n) is 15.6. The first-order valence-corrected chi connectivity index (χ1v) is 9.63. The van der Waals surface area contributed by atoms with E-state index in [0.717, 1.165) is 6.07 Å². The molecular formula is C21H16ClN3O5. The number of anilines is 2. The number of allylic oxidation sites excluding steroid dienone is 2. The number of nitrogens with one attached hydrogen (secondary N) is 1. The van der Waals surface area contributed by atoms with Crippen LogP contribution >= 0.6 is 11.6 Å². The van der Waals surface area contributed by atoms with Crippen LogP contribution in [0.5, 0.6) is 0 Å². The minimum atomic E-state index is -0.580. The number of amides is 3. The molecule has 0 bridgehead atoms. The molecule has 1 saturated heterocycles. The number of halogens is 1. The van der Waals surface area contributed by atoms with Crippen LogP contribution in [0.2, 0.25) is 5.02 Å². The largest absolute Gasteiger partial charge is 0.321 e. The van der Waals surface area contributed by atoms with E-state index < -0.39 is 10.8 Å². The average Bonchev–Trinajstić information content (AvgIpc) is 3.00. The number of hydrogen-bond acceptors (Lipinski definition) is 5. The van der Waals surface area contributed by atoms with Gasteiger partial charge in [-0.05, 0) is 43.2 Å². The number of nitrogens with zero attached hydrogens (tertiary/aromatic N) is 2. The number of imide groups is 1. The SMILES string of the molecule is O=C(Nc1ccc([N+](=O)[O-])cc1Cl)c1ccc(N2C(=O)C3CC=CCC3C2=O)cc1. The number of nitro groups is 1. The summed E-state index contributed by atoms with van der Waals surface area (Å²) >= 11 is 6.00. The Balaban J connectivity index is 1.50. The van der Waals surface area contributed by atoms with Gasteiger partial charge in [-0.15, -0.1) is 0 Å². The molecule has 152 valence electrons. The average molecular weight is 426 g/mol. The van der Waals surface area contributed by atoms with Crippen LogP contribution in [0, 0.1) is 22.0 Å². The van der Waals surface area contributed by atoms with Crippen molar-refractivity contribution in [2.45, 2.75) is 12.8 Å². The van der Waals surface area contributed by atoms with Crippen LogP contribution < -0.4 is 10.2 Å². The molecule has 2 aliphatic rings. The highest BCUT2D eigenvalue weighted by Gasteiger charge is 2.47. The standard InChI is InChI=1S/C21H16ClN3O5/c22-17-11-14(25(29)30)9-10-18(17)23-19(26)12-5-7-13(8-6-12)24-20(27)15-3-1-2-4-16(15)21(24)28/h1-2,5-11,15-16H,3-4H2,(H,23,26). The maximum absolute atomic E-state index is 12.7. The van der Waals surface area contributed by atoms with Crippen molar-refractivity contribution in [1.29, 1.82) is 0 Å². The van der Waals surface area contributed by atoms with E-state index in [-0.39, 0.29) is 45.6 Å². The predicted octanol–water partition coefficient (Wildman–Crippen LogP) is 3.96. The van der Waals surface area contributed by atoms with Gasteiger partial charge in [0.1, 0.15) is 0 Å². The monoisotopic (exact) mass is 425 g/mol. The summed E-state index contributed by atoms with van der Waals surface area (Å²) < 4.78 is 0. The molecule has 0 spiro atoms. The van der Waals surface area contributed by atoms with Crippen LogP contribution in [0.15, 0.2) is 54.6 Å². The van der Waals surface area contributed by atoms with E-state index in [1.165, 1.54) is 29.2 Å². The Kier molecular flexibility index (Phi) is 5.09. The van der Waals surface area contributed by atoms with Crippen LogP contribution in [-0.2, 0) is 9.59 Å². The number of nitro benzene ring substituents is 1. The van der Waals surface area contributed by atoms with Gasteiger partial charge in [0.05, 0.1) is 33.2 Å². The fourth-order valence-electron chi connectivity index (χ4n) is 3.73. The first-order valence-electron chi connectivity index (χ1n) is 9.25. The van der Waals surface area contributed by atoms with Gasteiger partial charge in [-0.1, -0.05) is 23.8 Å². The first-order chi connectivity index (χ1) is 14.4. The van der Waals surface area contributed by atoms with Crippen molar-refractivity contribution in [2.24, 2.45) is 11.8 Å². The molecule has 0 aromatic heterocycles. The molecule has 9 heteroatoms. The minimum absolute atomic E-state index is 0.0404. The van der Waals surface area contributed by atoms with Gasteiger partial charge in [-0.25, -0.2) is 0 Å². The lowest BCUT2D eigenvalue weighted by molar-refractivity contribution is -0.384. The fraction of sp³-hybridized carbons (Fsp3) is 0.190. The van der Waals surface area contributed by atoms with Crippen LogP contribution in [0.25, 0.3) is 0 Å². The predicted molar refractivity (Wildman–Crippen MR) is 110 cm³/mol. The van der Waals surface area contributed by atoms with Gasteiger partial charge in [0.15, 0.2) is 0 Å². The Morgan fingerprint density at radius 2 is 1.63 bits per heavy atom. The summed E-state index contributed by atoms with van der Waals surface area (Å²) in [6, 6.07) is 9.85. The normalized spacial score (nSPS) is 20.2. The Morgan fingerprint density at radius 3 is 2.17 bits per heavy atom. The van der Waals surface area contributed by atoms with Gasteiger partial charge in [-0.3, -0.25) is 29.4 Å². The molecule has 30 heavy (non-hydrogen) atoms. The van der Waals surface area contributed by atoms with Crippen LogP contribution in [0.3, 0.4) is 0 Å². The molecule has 2 unspecified atom stereocenters. The quantitative estimate of drug-likeness (QED) is 0.345. The van der Waals surface area contributed by atoms with Gasteiger partial charge >= 0.3 is 0 Å². The number of fused-ring (bicyclic) bond motifs is 1. The summed E-state index contributed by atoms with van der Waals surface area (Å²) in [7, 11) is 0. The Hall–Kier alpha value is -3.52. The van der Waals surface area contributed by atoms with Gasteiger partial charge < -0.3 is 5.32 Å². The van der Waals surface area contributed by atoms with Crippen LogP contribution in [0.4, 0.5) is 17.1 Å². The van der Waals surface area contributed by atoms with Crippen molar-refractivity contribution in [1.82, 2.24) is 0 Å². The number of benzene rings is 2. The highest BCUT2D eigenvalue weighted by atomic mass is 35.5. The lowest BCUT2D eigenvalue weighted by Gasteiger charge is -2.15. The lowest BCUT2D eigenvalue weighted by atomic mass is 9.85. The van der Waals surface area contributed by atoms with Crippen molar-refractivity contribution < 1.29 is 19.3 Å². The van der Waals surface area contributed by atoms with Crippen LogP contribution in [-0.4, -0.2) is 22.6 Å². The zero-order valence-corrected chi connectivity index (χ0v) is 16.3. The van der Waals surface area contributed by atoms with E-state index in [1.807, 2.05) is 12.2 Å². The van der Waals surface area contributed by atoms with E-state index in [9.17, 15) is 24.5 Å². The second-order valence-corrected chi connectivity index (χ2v) is 7.50. The second kappa shape index (κ2) is 7.72. The van der Waals surface area contributed by atoms with E-state index in [1.54, 1.807) is 12.1 Å². The third-order valence-electron chi connectivity index (χ3n) is 5.31. The van der Waals surface area contributed by atoms with E-state index >= 15 is 0 Å².